The summed E-state index contributed by atoms with van der Waals surface area (Å²) in [6.45, 7) is 11.2. The average molecular weight is 276 g/mol. The van der Waals surface area contributed by atoms with Gasteiger partial charge in [-0.15, -0.1) is 0 Å². The highest BCUT2D eigenvalue weighted by atomic mass is 15.1. The van der Waals surface area contributed by atoms with Crippen LogP contribution >= 0.6 is 0 Å². The Bertz CT molecular complexity index is 379. The molecule has 0 saturated heterocycles. The number of nitrogens with zero attached hydrogens (tertiary/aromatic N) is 1. The summed E-state index contributed by atoms with van der Waals surface area (Å²) in [4.78, 5) is 2.26. The molecule has 1 unspecified atom stereocenters. The zero-order chi connectivity index (χ0) is 15.2. The molecule has 0 aromatic heterocycles. The van der Waals surface area contributed by atoms with Crippen LogP contribution in [0.4, 0.5) is 0 Å². The predicted octanol–water partition coefficient (Wildman–Crippen LogP) is 3.88. The summed E-state index contributed by atoms with van der Waals surface area (Å²) in [6, 6.07) is 9.47. The summed E-state index contributed by atoms with van der Waals surface area (Å²) in [6.07, 6.45) is 2.39. The van der Waals surface area contributed by atoms with Crippen LogP contribution in [0.1, 0.15) is 51.3 Å². The molecule has 1 atom stereocenters. The van der Waals surface area contributed by atoms with Crippen LogP contribution in [-0.2, 0) is 6.42 Å². The van der Waals surface area contributed by atoms with Gasteiger partial charge in [0.15, 0.2) is 0 Å². The van der Waals surface area contributed by atoms with Crippen LogP contribution in [0.15, 0.2) is 24.3 Å². The maximum atomic E-state index is 3.67. The summed E-state index contributed by atoms with van der Waals surface area (Å²) in [7, 11) is 4.27. The summed E-state index contributed by atoms with van der Waals surface area (Å²) < 4.78 is 0. The topological polar surface area (TPSA) is 15.3 Å². The van der Waals surface area contributed by atoms with Crippen LogP contribution in [0.25, 0.3) is 0 Å². The Morgan fingerprint density at radius 2 is 1.75 bits per heavy atom. The van der Waals surface area contributed by atoms with Gasteiger partial charge in [0.1, 0.15) is 0 Å². The van der Waals surface area contributed by atoms with Gasteiger partial charge in [0, 0.05) is 19.1 Å². The third-order valence-electron chi connectivity index (χ3n) is 3.65. The van der Waals surface area contributed by atoms with Crippen molar-refractivity contribution < 1.29 is 0 Å². The van der Waals surface area contributed by atoms with Gasteiger partial charge < -0.3 is 10.2 Å². The van der Waals surface area contributed by atoms with Gasteiger partial charge in [-0.1, -0.05) is 51.5 Å². The Hall–Kier alpha value is -0.860. The van der Waals surface area contributed by atoms with Crippen LogP contribution in [0.3, 0.4) is 0 Å². The van der Waals surface area contributed by atoms with Crippen LogP contribution in [0.2, 0.25) is 0 Å². The van der Waals surface area contributed by atoms with Gasteiger partial charge in [-0.2, -0.15) is 0 Å². The Labute approximate surface area is 125 Å². The predicted molar refractivity (Wildman–Crippen MR) is 89.2 cm³/mol. The number of rotatable bonds is 8. The first-order valence-corrected chi connectivity index (χ1v) is 7.81. The fraction of sp³-hybridized carbons (Fsp3) is 0.667. The van der Waals surface area contributed by atoms with Crippen LogP contribution in [0.5, 0.6) is 0 Å². The zero-order valence-electron chi connectivity index (χ0n) is 14.2. The third kappa shape index (κ3) is 6.06. The van der Waals surface area contributed by atoms with Gasteiger partial charge in [0.2, 0.25) is 0 Å². The lowest BCUT2D eigenvalue weighted by Crippen LogP contribution is -2.38. The fourth-order valence-electron chi connectivity index (χ4n) is 2.72. The minimum atomic E-state index is 0.292. The zero-order valence-corrected chi connectivity index (χ0v) is 14.2. The van der Waals surface area contributed by atoms with E-state index in [1.165, 1.54) is 24.0 Å². The normalized spacial score (nSPS) is 13.8. The lowest BCUT2D eigenvalue weighted by atomic mass is 9.92. The van der Waals surface area contributed by atoms with E-state index in [1.807, 2.05) is 0 Å². The first kappa shape index (κ1) is 17.2. The molecule has 1 rings (SSSR count). The SMILES string of the molecule is CCCc1ccc(C(C)NCC(C)(C)CN(C)C)cc1. The van der Waals surface area contributed by atoms with Crippen LogP contribution in [0, 0.1) is 5.41 Å². The van der Waals surface area contributed by atoms with E-state index in [2.05, 4.69) is 76.3 Å². The lowest BCUT2D eigenvalue weighted by molar-refractivity contribution is 0.227. The molecule has 1 N–H and O–H groups in total. The molecule has 1 aromatic rings. The van der Waals surface area contributed by atoms with Crippen LogP contribution < -0.4 is 5.32 Å². The highest BCUT2D eigenvalue weighted by molar-refractivity contribution is 5.24. The van der Waals surface area contributed by atoms with Crippen molar-refractivity contribution in [1.82, 2.24) is 10.2 Å². The van der Waals surface area contributed by atoms with E-state index in [0.717, 1.165) is 13.1 Å². The maximum absolute atomic E-state index is 3.67. The highest BCUT2D eigenvalue weighted by Crippen LogP contribution is 2.19. The van der Waals surface area contributed by atoms with Crippen molar-refractivity contribution in [3.63, 3.8) is 0 Å². The van der Waals surface area contributed by atoms with E-state index in [0.29, 0.717) is 11.5 Å². The molecular formula is C18H32N2. The second-order valence-electron chi connectivity index (χ2n) is 7.00. The van der Waals surface area contributed by atoms with Crippen molar-refractivity contribution in [2.75, 3.05) is 27.2 Å². The van der Waals surface area contributed by atoms with Gasteiger partial charge in [-0.3, -0.25) is 0 Å². The largest absolute Gasteiger partial charge is 0.310 e. The Morgan fingerprint density at radius 3 is 2.25 bits per heavy atom. The maximum Gasteiger partial charge on any atom is 0.0292 e. The van der Waals surface area contributed by atoms with E-state index < -0.39 is 0 Å². The van der Waals surface area contributed by atoms with Crippen molar-refractivity contribution >= 4 is 0 Å². The van der Waals surface area contributed by atoms with Gasteiger partial charge >= 0.3 is 0 Å². The van der Waals surface area contributed by atoms with Crippen molar-refractivity contribution in [1.29, 1.82) is 0 Å². The van der Waals surface area contributed by atoms with E-state index in [9.17, 15) is 0 Å². The van der Waals surface area contributed by atoms with E-state index in [4.69, 9.17) is 0 Å². The first-order valence-electron chi connectivity index (χ1n) is 7.81. The molecule has 0 amide bonds. The van der Waals surface area contributed by atoms with Crippen molar-refractivity contribution in [3.05, 3.63) is 35.4 Å². The number of hydrogen-bond acceptors (Lipinski definition) is 2. The number of hydrogen-bond donors (Lipinski definition) is 1. The third-order valence-corrected chi connectivity index (χ3v) is 3.65. The summed E-state index contributed by atoms with van der Waals surface area (Å²) >= 11 is 0. The molecule has 114 valence electrons. The molecule has 0 bridgehead atoms. The fourth-order valence-corrected chi connectivity index (χ4v) is 2.72. The van der Waals surface area contributed by atoms with Gasteiger partial charge in [-0.25, -0.2) is 0 Å². The van der Waals surface area contributed by atoms with Crippen molar-refractivity contribution in [2.24, 2.45) is 5.41 Å². The molecule has 0 heterocycles. The molecule has 0 fully saturated rings. The number of benzene rings is 1. The lowest BCUT2D eigenvalue weighted by Gasteiger charge is -2.30. The molecule has 0 saturated carbocycles. The quantitative estimate of drug-likeness (QED) is 0.775. The van der Waals surface area contributed by atoms with Gasteiger partial charge in [0.25, 0.3) is 0 Å². The van der Waals surface area contributed by atoms with E-state index in [1.54, 1.807) is 0 Å². The van der Waals surface area contributed by atoms with Gasteiger partial charge in [-0.05, 0) is 44.0 Å². The molecule has 0 aliphatic rings. The molecule has 0 aliphatic heterocycles. The second kappa shape index (κ2) is 7.80. The molecule has 1 aromatic carbocycles. The summed E-state index contributed by atoms with van der Waals surface area (Å²) in [5, 5.41) is 3.67. The molecule has 0 aliphatic carbocycles. The Kier molecular flexibility index (Phi) is 6.70. The first-order chi connectivity index (χ1) is 9.34. The molecule has 2 nitrogen and oxygen atoms in total. The number of nitrogens with one attached hydrogen (secondary N) is 1. The van der Waals surface area contributed by atoms with E-state index >= 15 is 0 Å². The molecule has 0 radical (unpaired) electrons. The molecule has 2 heteroatoms. The molecule has 20 heavy (non-hydrogen) atoms. The second-order valence-corrected chi connectivity index (χ2v) is 7.00. The number of aryl methyl sites for hydroxylation is 1. The van der Waals surface area contributed by atoms with Crippen LogP contribution in [-0.4, -0.2) is 32.1 Å². The minimum Gasteiger partial charge on any atom is -0.310 e. The minimum absolute atomic E-state index is 0.292. The standard InChI is InChI=1S/C18H32N2/c1-7-8-16-9-11-17(12-10-16)15(2)19-13-18(3,4)14-20(5)6/h9-12,15,19H,7-8,13-14H2,1-6H3. The smallest absolute Gasteiger partial charge is 0.0292 e. The monoisotopic (exact) mass is 276 g/mol. The molecule has 0 spiro atoms. The Balaban J connectivity index is 2.51. The summed E-state index contributed by atoms with van der Waals surface area (Å²) in [5.41, 5.74) is 3.11. The highest BCUT2D eigenvalue weighted by Gasteiger charge is 2.19. The average Bonchev–Trinajstić information content (AvgIpc) is 2.36. The Morgan fingerprint density at radius 1 is 1.15 bits per heavy atom. The summed E-state index contributed by atoms with van der Waals surface area (Å²) in [5.74, 6) is 0. The van der Waals surface area contributed by atoms with Gasteiger partial charge in [0.05, 0.1) is 0 Å². The van der Waals surface area contributed by atoms with Crippen molar-refractivity contribution in [2.45, 2.75) is 46.6 Å². The van der Waals surface area contributed by atoms with E-state index in [-0.39, 0.29) is 0 Å². The molecular weight excluding hydrogens is 244 g/mol. The van der Waals surface area contributed by atoms with Crippen molar-refractivity contribution in [3.8, 4) is 0 Å².